The van der Waals surface area contributed by atoms with Crippen molar-refractivity contribution in [1.29, 1.82) is 0 Å². The second kappa shape index (κ2) is 3.73. The number of aromatic nitrogens is 1. The van der Waals surface area contributed by atoms with Gasteiger partial charge in [0.15, 0.2) is 6.21 Å². The topological polar surface area (TPSA) is 56.1 Å². The van der Waals surface area contributed by atoms with Crippen LogP contribution in [0.25, 0.3) is 10.9 Å². The molecule has 1 aliphatic rings. The van der Waals surface area contributed by atoms with Gasteiger partial charge in [0.05, 0.1) is 0 Å². The molecule has 1 aromatic carbocycles. The number of fused-ring (bicyclic) bond motifs is 3. The van der Waals surface area contributed by atoms with Crippen molar-refractivity contribution < 1.29 is 14.5 Å². The van der Waals surface area contributed by atoms with Crippen molar-refractivity contribution >= 4 is 23.1 Å². The first-order chi connectivity index (χ1) is 8.24. The Morgan fingerprint density at radius 3 is 3.06 bits per heavy atom. The zero-order valence-electron chi connectivity index (χ0n) is 9.31. The van der Waals surface area contributed by atoms with Crippen LogP contribution in [0.2, 0.25) is 0 Å². The van der Waals surface area contributed by atoms with Gasteiger partial charge in [0, 0.05) is 17.3 Å². The number of carbonyl (C=O) groups is 1. The number of carboxylic acid groups (broad SMARTS) is 1. The third-order valence-corrected chi connectivity index (χ3v) is 3.15. The van der Waals surface area contributed by atoms with Gasteiger partial charge < -0.3 is 10.1 Å². The fourth-order valence-electron chi connectivity index (χ4n) is 2.40. The maximum Gasteiger partial charge on any atom is 0.369 e. The molecule has 0 saturated heterocycles. The third kappa shape index (κ3) is 1.71. The molecule has 0 amide bonds. The predicted molar refractivity (Wildman–Crippen MR) is 64.8 cm³/mol. The molecule has 4 heteroatoms. The van der Waals surface area contributed by atoms with Crippen LogP contribution in [0.15, 0.2) is 24.3 Å². The van der Waals surface area contributed by atoms with Crippen molar-refractivity contribution in [1.82, 2.24) is 4.98 Å². The van der Waals surface area contributed by atoms with E-state index in [0.29, 0.717) is 0 Å². The lowest BCUT2D eigenvalue weighted by atomic mass is 10.1. The SMILES string of the molecule is O=C(O)C[N+]1=Cc2[nH]c3ccccc3c2CC1. The Balaban J connectivity index is 2.08. The van der Waals surface area contributed by atoms with Crippen LogP contribution in [0.5, 0.6) is 0 Å². The first-order valence-corrected chi connectivity index (χ1v) is 5.64. The first-order valence-electron chi connectivity index (χ1n) is 5.64. The molecule has 0 atom stereocenters. The molecule has 1 aliphatic heterocycles. The van der Waals surface area contributed by atoms with Crippen LogP contribution in [0.1, 0.15) is 11.3 Å². The number of carboxylic acids is 1. The summed E-state index contributed by atoms with van der Waals surface area (Å²) in [6, 6.07) is 8.17. The fraction of sp³-hybridized carbons (Fsp3) is 0.231. The van der Waals surface area contributed by atoms with Crippen molar-refractivity contribution in [3.8, 4) is 0 Å². The van der Waals surface area contributed by atoms with Gasteiger partial charge >= 0.3 is 5.97 Å². The summed E-state index contributed by atoms with van der Waals surface area (Å²) < 4.78 is 1.83. The van der Waals surface area contributed by atoms with Crippen molar-refractivity contribution in [2.45, 2.75) is 6.42 Å². The highest BCUT2D eigenvalue weighted by molar-refractivity contribution is 5.93. The zero-order chi connectivity index (χ0) is 11.8. The smallest absolute Gasteiger partial charge is 0.369 e. The maximum absolute atomic E-state index is 10.7. The van der Waals surface area contributed by atoms with Gasteiger partial charge in [0.2, 0.25) is 6.54 Å². The molecular weight excluding hydrogens is 216 g/mol. The molecule has 0 fully saturated rings. The minimum absolute atomic E-state index is 0.0643. The number of nitrogens with zero attached hydrogens (tertiary/aromatic N) is 1. The molecular formula is C13H13N2O2+. The zero-order valence-corrected chi connectivity index (χ0v) is 9.31. The monoisotopic (exact) mass is 229 g/mol. The summed E-state index contributed by atoms with van der Waals surface area (Å²) in [7, 11) is 0. The minimum atomic E-state index is -0.791. The van der Waals surface area contributed by atoms with Crippen LogP contribution < -0.4 is 0 Å². The van der Waals surface area contributed by atoms with E-state index in [9.17, 15) is 4.79 Å². The van der Waals surface area contributed by atoms with E-state index >= 15 is 0 Å². The largest absolute Gasteiger partial charge is 0.477 e. The van der Waals surface area contributed by atoms with E-state index in [-0.39, 0.29) is 6.54 Å². The molecule has 2 heterocycles. The molecule has 0 bridgehead atoms. The number of H-pyrrole nitrogens is 1. The highest BCUT2D eigenvalue weighted by atomic mass is 16.4. The lowest BCUT2D eigenvalue weighted by Gasteiger charge is -2.07. The first kappa shape index (κ1) is 10.1. The minimum Gasteiger partial charge on any atom is -0.477 e. The van der Waals surface area contributed by atoms with E-state index in [1.54, 1.807) is 0 Å². The van der Waals surface area contributed by atoms with E-state index in [1.807, 2.05) is 29.0 Å². The molecule has 2 N–H and O–H groups in total. The van der Waals surface area contributed by atoms with Gasteiger partial charge in [-0.25, -0.2) is 9.37 Å². The second-order valence-corrected chi connectivity index (χ2v) is 4.31. The van der Waals surface area contributed by atoms with Crippen LogP contribution in [0.4, 0.5) is 0 Å². The standard InChI is InChI=1S/C13H12N2O2/c16-13(17)8-15-6-5-10-9-3-1-2-4-11(9)14-12(10)7-15/h1-4,7H,5-6,8H2,(H,16,17)/p+1. The Morgan fingerprint density at radius 2 is 2.24 bits per heavy atom. The third-order valence-electron chi connectivity index (χ3n) is 3.15. The number of hydrogen-bond donors (Lipinski definition) is 2. The van der Waals surface area contributed by atoms with Crippen molar-refractivity contribution in [2.75, 3.05) is 13.1 Å². The fourth-order valence-corrected chi connectivity index (χ4v) is 2.40. The molecule has 3 rings (SSSR count). The van der Waals surface area contributed by atoms with Gasteiger partial charge in [-0.2, -0.15) is 0 Å². The molecule has 86 valence electrons. The predicted octanol–water partition coefficient (Wildman–Crippen LogP) is 1.24. The Labute approximate surface area is 98.2 Å². The van der Waals surface area contributed by atoms with E-state index < -0.39 is 5.97 Å². The lowest BCUT2D eigenvalue weighted by Crippen LogP contribution is -2.27. The Morgan fingerprint density at radius 1 is 1.41 bits per heavy atom. The van der Waals surface area contributed by atoms with Crippen molar-refractivity contribution in [3.05, 3.63) is 35.5 Å². The van der Waals surface area contributed by atoms with Gasteiger partial charge in [0.25, 0.3) is 0 Å². The number of para-hydroxylation sites is 1. The average molecular weight is 229 g/mol. The van der Waals surface area contributed by atoms with E-state index in [1.165, 1.54) is 10.9 Å². The summed E-state index contributed by atoms with van der Waals surface area (Å²) in [5, 5.41) is 10.0. The molecule has 0 unspecified atom stereocenters. The highest BCUT2D eigenvalue weighted by Gasteiger charge is 2.21. The average Bonchev–Trinajstić information content (AvgIpc) is 2.65. The molecule has 0 radical (unpaired) electrons. The van der Waals surface area contributed by atoms with Crippen LogP contribution in [-0.4, -0.2) is 39.9 Å². The number of nitrogens with one attached hydrogen (secondary N) is 1. The maximum atomic E-state index is 10.7. The molecule has 17 heavy (non-hydrogen) atoms. The summed E-state index contributed by atoms with van der Waals surface area (Å²) in [6.45, 7) is 0.829. The van der Waals surface area contributed by atoms with Crippen LogP contribution in [0.3, 0.4) is 0 Å². The summed E-state index contributed by atoms with van der Waals surface area (Å²) in [4.78, 5) is 14.0. The highest BCUT2D eigenvalue weighted by Crippen LogP contribution is 2.23. The quantitative estimate of drug-likeness (QED) is 0.761. The van der Waals surface area contributed by atoms with Crippen LogP contribution >= 0.6 is 0 Å². The molecule has 1 aromatic heterocycles. The van der Waals surface area contributed by atoms with Gasteiger partial charge in [-0.05, 0) is 11.6 Å². The Hall–Kier alpha value is -2.10. The summed E-state index contributed by atoms with van der Waals surface area (Å²) in [5.41, 5.74) is 3.45. The van der Waals surface area contributed by atoms with Gasteiger partial charge in [-0.1, -0.05) is 18.2 Å². The van der Waals surface area contributed by atoms with E-state index in [0.717, 1.165) is 24.2 Å². The Kier molecular flexibility index (Phi) is 2.21. The number of aliphatic carboxylic acids is 1. The van der Waals surface area contributed by atoms with Gasteiger partial charge in [-0.3, -0.25) is 0 Å². The van der Waals surface area contributed by atoms with Crippen LogP contribution in [-0.2, 0) is 11.2 Å². The van der Waals surface area contributed by atoms with Crippen molar-refractivity contribution in [3.63, 3.8) is 0 Å². The van der Waals surface area contributed by atoms with E-state index in [4.69, 9.17) is 5.11 Å². The number of rotatable bonds is 2. The molecule has 0 aliphatic carbocycles. The summed E-state index contributed by atoms with van der Waals surface area (Å²) in [5.74, 6) is -0.791. The molecule has 2 aromatic rings. The van der Waals surface area contributed by atoms with Crippen LogP contribution in [0, 0.1) is 0 Å². The number of benzene rings is 1. The summed E-state index contributed by atoms with van der Waals surface area (Å²) >= 11 is 0. The molecule has 0 saturated carbocycles. The Bertz CT molecular complexity index is 625. The molecule has 4 nitrogen and oxygen atoms in total. The summed E-state index contributed by atoms with van der Waals surface area (Å²) in [6.07, 6.45) is 2.80. The molecule has 0 spiro atoms. The van der Waals surface area contributed by atoms with Gasteiger partial charge in [-0.15, -0.1) is 0 Å². The second-order valence-electron chi connectivity index (χ2n) is 4.31. The van der Waals surface area contributed by atoms with Crippen molar-refractivity contribution in [2.24, 2.45) is 0 Å². The number of aromatic amines is 1. The van der Waals surface area contributed by atoms with E-state index in [2.05, 4.69) is 11.1 Å². The normalized spacial score (nSPS) is 14.5. The number of hydrogen-bond acceptors (Lipinski definition) is 1. The van der Waals surface area contributed by atoms with Gasteiger partial charge in [0.1, 0.15) is 12.2 Å². The lowest BCUT2D eigenvalue weighted by molar-refractivity contribution is -0.514.